The highest BCUT2D eigenvalue weighted by Gasteiger charge is 2.22. The smallest absolute Gasteiger partial charge is 0.0550 e. The predicted molar refractivity (Wildman–Crippen MR) is 46.5 cm³/mol. The lowest BCUT2D eigenvalue weighted by molar-refractivity contribution is 0.00357. The zero-order chi connectivity index (χ0) is 7.56. The summed E-state index contributed by atoms with van der Waals surface area (Å²) in [6.45, 7) is 5.33. The van der Waals surface area contributed by atoms with E-state index in [9.17, 15) is 0 Å². The third-order valence-corrected chi connectivity index (χ3v) is 2.92. The van der Waals surface area contributed by atoms with Crippen LogP contribution in [0.1, 0.15) is 26.7 Å². The van der Waals surface area contributed by atoms with E-state index in [1.807, 2.05) is 0 Å². The minimum absolute atomic E-state index is 0.471. The van der Waals surface area contributed by atoms with Crippen LogP contribution in [0.25, 0.3) is 0 Å². The Hall–Kier alpha value is 0.440. The van der Waals surface area contributed by atoms with Crippen LogP contribution in [0, 0.1) is 5.92 Å². The van der Waals surface area contributed by atoms with Crippen molar-refractivity contribution in [2.45, 2.75) is 37.6 Å². The van der Waals surface area contributed by atoms with Gasteiger partial charge in [-0.05, 0) is 25.7 Å². The summed E-state index contributed by atoms with van der Waals surface area (Å²) < 4.78 is 5.44. The van der Waals surface area contributed by atoms with Gasteiger partial charge in [0, 0.05) is 11.4 Å². The zero-order valence-electron chi connectivity index (χ0n) is 6.64. The van der Waals surface area contributed by atoms with E-state index >= 15 is 0 Å². The fourth-order valence-electron chi connectivity index (χ4n) is 1.45. The summed E-state index contributed by atoms with van der Waals surface area (Å²) in [6, 6.07) is 0. The van der Waals surface area contributed by atoms with Gasteiger partial charge in [-0.25, -0.2) is 0 Å². The number of halogens is 1. The maximum absolute atomic E-state index is 5.44. The summed E-state index contributed by atoms with van der Waals surface area (Å²) in [5.41, 5.74) is 0. The molecule has 1 rings (SSSR count). The van der Waals surface area contributed by atoms with Gasteiger partial charge in [0.2, 0.25) is 0 Å². The van der Waals surface area contributed by atoms with Crippen molar-refractivity contribution in [3.05, 3.63) is 0 Å². The molecule has 1 nitrogen and oxygen atoms in total. The van der Waals surface area contributed by atoms with E-state index in [4.69, 9.17) is 4.74 Å². The van der Waals surface area contributed by atoms with Crippen LogP contribution < -0.4 is 0 Å². The Morgan fingerprint density at radius 3 is 2.70 bits per heavy atom. The number of rotatable bonds is 1. The van der Waals surface area contributed by atoms with E-state index in [1.54, 1.807) is 0 Å². The van der Waals surface area contributed by atoms with Crippen LogP contribution in [0.4, 0.5) is 0 Å². The van der Waals surface area contributed by atoms with Crippen LogP contribution in [-0.4, -0.2) is 17.5 Å². The van der Waals surface area contributed by atoms with E-state index in [-0.39, 0.29) is 0 Å². The zero-order valence-corrected chi connectivity index (χ0v) is 8.23. The van der Waals surface area contributed by atoms with Gasteiger partial charge < -0.3 is 4.74 Å². The van der Waals surface area contributed by atoms with E-state index in [1.165, 1.54) is 12.8 Å². The molecule has 0 aromatic heterocycles. The average Bonchev–Trinajstić information content (AvgIpc) is 1.88. The van der Waals surface area contributed by atoms with Gasteiger partial charge in [0.25, 0.3) is 0 Å². The van der Waals surface area contributed by atoms with Crippen LogP contribution in [0.2, 0.25) is 0 Å². The average molecular weight is 207 g/mol. The topological polar surface area (TPSA) is 9.23 Å². The summed E-state index contributed by atoms with van der Waals surface area (Å²) in [4.78, 5) is 0.652. The highest BCUT2D eigenvalue weighted by atomic mass is 79.9. The molecular weight excluding hydrogens is 192 g/mol. The van der Waals surface area contributed by atoms with E-state index in [0.717, 1.165) is 12.5 Å². The van der Waals surface area contributed by atoms with Crippen LogP contribution in [0.5, 0.6) is 0 Å². The van der Waals surface area contributed by atoms with Crippen LogP contribution >= 0.6 is 15.9 Å². The van der Waals surface area contributed by atoms with E-state index in [0.29, 0.717) is 10.9 Å². The molecule has 0 bridgehead atoms. The SMILES string of the molecule is CC1CC(C(C)Br)CCO1. The Morgan fingerprint density at radius 1 is 1.60 bits per heavy atom. The molecule has 1 aliphatic heterocycles. The normalized spacial score (nSPS) is 37.5. The van der Waals surface area contributed by atoms with Crippen molar-refractivity contribution in [2.24, 2.45) is 5.92 Å². The Kier molecular flexibility index (Phi) is 3.18. The second-order valence-electron chi connectivity index (χ2n) is 3.14. The molecule has 0 radical (unpaired) electrons. The predicted octanol–water partition coefficient (Wildman–Crippen LogP) is 2.58. The lowest BCUT2D eigenvalue weighted by Gasteiger charge is -2.28. The van der Waals surface area contributed by atoms with E-state index < -0.39 is 0 Å². The largest absolute Gasteiger partial charge is 0.378 e. The van der Waals surface area contributed by atoms with Gasteiger partial charge >= 0.3 is 0 Å². The fourth-order valence-corrected chi connectivity index (χ4v) is 1.93. The lowest BCUT2D eigenvalue weighted by Crippen LogP contribution is -2.27. The number of hydrogen-bond donors (Lipinski definition) is 0. The van der Waals surface area contributed by atoms with Gasteiger partial charge in [0.05, 0.1) is 6.10 Å². The first-order chi connectivity index (χ1) is 4.70. The number of hydrogen-bond acceptors (Lipinski definition) is 1. The van der Waals surface area contributed by atoms with Crippen molar-refractivity contribution in [3.63, 3.8) is 0 Å². The van der Waals surface area contributed by atoms with E-state index in [2.05, 4.69) is 29.8 Å². The molecule has 1 heterocycles. The van der Waals surface area contributed by atoms with Crippen molar-refractivity contribution in [1.29, 1.82) is 0 Å². The Balaban J connectivity index is 2.32. The van der Waals surface area contributed by atoms with Crippen molar-refractivity contribution < 1.29 is 4.74 Å². The Labute approximate surface area is 71.3 Å². The molecule has 2 heteroatoms. The summed E-state index contributed by atoms with van der Waals surface area (Å²) >= 11 is 3.61. The molecule has 0 aliphatic carbocycles. The second-order valence-corrected chi connectivity index (χ2v) is 4.59. The van der Waals surface area contributed by atoms with Gasteiger partial charge in [0.15, 0.2) is 0 Å². The standard InChI is InChI=1S/C8H15BrO/c1-6-5-8(7(2)9)3-4-10-6/h6-8H,3-5H2,1-2H3. The summed E-state index contributed by atoms with van der Waals surface area (Å²) in [7, 11) is 0. The first kappa shape index (κ1) is 8.54. The van der Waals surface area contributed by atoms with Crippen molar-refractivity contribution >= 4 is 15.9 Å². The summed E-state index contributed by atoms with van der Waals surface area (Å²) in [5, 5.41) is 0. The first-order valence-electron chi connectivity index (χ1n) is 3.96. The molecule has 3 unspecified atom stereocenters. The summed E-state index contributed by atoms with van der Waals surface area (Å²) in [6.07, 6.45) is 2.90. The van der Waals surface area contributed by atoms with Crippen molar-refractivity contribution in [2.75, 3.05) is 6.61 Å². The van der Waals surface area contributed by atoms with Crippen LogP contribution in [-0.2, 0) is 4.74 Å². The third-order valence-electron chi connectivity index (χ3n) is 2.18. The summed E-state index contributed by atoms with van der Waals surface area (Å²) in [5.74, 6) is 0.823. The maximum atomic E-state index is 5.44. The Morgan fingerprint density at radius 2 is 2.30 bits per heavy atom. The quantitative estimate of drug-likeness (QED) is 0.600. The second kappa shape index (κ2) is 3.72. The molecule has 60 valence electrons. The molecule has 1 aliphatic rings. The molecule has 0 aromatic carbocycles. The molecule has 0 saturated carbocycles. The van der Waals surface area contributed by atoms with Gasteiger partial charge in [-0.2, -0.15) is 0 Å². The molecule has 1 saturated heterocycles. The van der Waals surface area contributed by atoms with Gasteiger partial charge in [-0.3, -0.25) is 0 Å². The monoisotopic (exact) mass is 206 g/mol. The molecule has 3 atom stereocenters. The number of alkyl halides is 1. The highest BCUT2D eigenvalue weighted by molar-refractivity contribution is 9.09. The van der Waals surface area contributed by atoms with Gasteiger partial charge in [0.1, 0.15) is 0 Å². The minimum Gasteiger partial charge on any atom is -0.378 e. The van der Waals surface area contributed by atoms with Crippen molar-refractivity contribution in [1.82, 2.24) is 0 Å². The van der Waals surface area contributed by atoms with Gasteiger partial charge in [-0.15, -0.1) is 0 Å². The van der Waals surface area contributed by atoms with Crippen LogP contribution in [0.15, 0.2) is 0 Å². The molecule has 10 heavy (non-hydrogen) atoms. The highest BCUT2D eigenvalue weighted by Crippen LogP contribution is 2.26. The third kappa shape index (κ3) is 2.24. The maximum Gasteiger partial charge on any atom is 0.0550 e. The van der Waals surface area contributed by atoms with Crippen LogP contribution in [0.3, 0.4) is 0 Å². The fraction of sp³-hybridized carbons (Fsp3) is 1.00. The molecule has 0 spiro atoms. The Bertz CT molecular complexity index is 103. The molecule has 1 fully saturated rings. The molecule has 0 N–H and O–H groups in total. The van der Waals surface area contributed by atoms with Crippen molar-refractivity contribution in [3.8, 4) is 0 Å². The lowest BCUT2D eigenvalue weighted by atomic mass is 9.94. The number of ether oxygens (including phenoxy) is 1. The molecule has 0 amide bonds. The minimum atomic E-state index is 0.471. The van der Waals surface area contributed by atoms with Gasteiger partial charge in [-0.1, -0.05) is 22.9 Å². The molecule has 0 aromatic rings. The first-order valence-corrected chi connectivity index (χ1v) is 4.87. The molecular formula is C8H15BrO.